The Kier molecular flexibility index (Phi) is 10.3. The van der Waals surface area contributed by atoms with E-state index in [0.717, 1.165) is 0 Å². The minimum atomic E-state index is 0.297. The molecule has 2 rings (SSSR count). The molecule has 1 aliphatic carbocycles. The number of phenols is 1. The van der Waals surface area contributed by atoms with Crippen LogP contribution in [0.4, 0.5) is 0 Å². The standard InChI is InChI=1S/C26H44O/c1-3-4-5-6-7-8-9-10-11-12-13-14-15-16-20-26(2)21-19-23-17-18-24(27)22-25(23)26/h17-18,22,27H,3-16,19-21H2,1-2H3. The summed E-state index contributed by atoms with van der Waals surface area (Å²) in [6.45, 7) is 4.69. The maximum Gasteiger partial charge on any atom is 0.115 e. The summed E-state index contributed by atoms with van der Waals surface area (Å²) in [5.41, 5.74) is 3.17. The van der Waals surface area contributed by atoms with E-state index in [2.05, 4.69) is 19.9 Å². The van der Waals surface area contributed by atoms with Crippen LogP contribution in [0.15, 0.2) is 18.2 Å². The van der Waals surface area contributed by atoms with Gasteiger partial charge in [-0.15, -0.1) is 0 Å². The number of fused-ring (bicyclic) bond motifs is 1. The van der Waals surface area contributed by atoms with Crippen LogP contribution >= 0.6 is 0 Å². The zero-order valence-electron chi connectivity index (χ0n) is 18.2. The molecule has 0 spiro atoms. The molecule has 0 heterocycles. The van der Waals surface area contributed by atoms with Crippen molar-refractivity contribution in [3.05, 3.63) is 29.3 Å². The monoisotopic (exact) mass is 372 g/mol. The van der Waals surface area contributed by atoms with E-state index in [4.69, 9.17) is 0 Å². The molecule has 0 aliphatic heterocycles. The van der Waals surface area contributed by atoms with Gasteiger partial charge in [-0.2, -0.15) is 0 Å². The van der Waals surface area contributed by atoms with Gasteiger partial charge in [0.25, 0.3) is 0 Å². The fourth-order valence-electron chi connectivity index (χ4n) is 4.86. The molecule has 1 aromatic rings. The van der Waals surface area contributed by atoms with Crippen molar-refractivity contribution in [3.63, 3.8) is 0 Å². The Balaban J connectivity index is 1.44. The van der Waals surface area contributed by atoms with E-state index in [1.807, 2.05) is 12.1 Å². The van der Waals surface area contributed by atoms with Crippen LogP contribution in [0.1, 0.15) is 128 Å². The predicted molar refractivity (Wildman–Crippen MR) is 119 cm³/mol. The van der Waals surface area contributed by atoms with E-state index in [1.54, 1.807) is 0 Å². The van der Waals surface area contributed by atoms with Crippen molar-refractivity contribution < 1.29 is 5.11 Å². The minimum absolute atomic E-state index is 0.297. The Bertz CT molecular complexity index is 521. The highest BCUT2D eigenvalue weighted by Crippen LogP contribution is 2.43. The molecule has 0 saturated carbocycles. The van der Waals surface area contributed by atoms with E-state index in [0.29, 0.717) is 11.2 Å². The number of rotatable bonds is 15. The lowest BCUT2D eigenvalue weighted by Gasteiger charge is -2.25. The van der Waals surface area contributed by atoms with Crippen LogP contribution in [0.2, 0.25) is 0 Å². The van der Waals surface area contributed by atoms with Gasteiger partial charge in [0.05, 0.1) is 0 Å². The van der Waals surface area contributed by atoms with Crippen LogP contribution in [-0.4, -0.2) is 5.11 Å². The van der Waals surface area contributed by atoms with Gasteiger partial charge in [0.15, 0.2) is 0 Å². The van der Waals surface area contributed by atoms with Gasteiger partial charge in [0.1, 0.15) is 5.75 Å². The number of benzene rings is 1. The summed E-state index contributed by atoms with van der Waals surface area (Å²) in [5, 5.41) is 9.82. The fraction of sp³-hybridized carbons (Fsp3) is 0.769. The summed E-state index contributed by atoms with van der Waals surface area (Å²) in [5.74, 6) is 0.433. The smallest absolute Gasteiger partial charge is 0.115 e. The second kappa shape index (κ2) is 12.5. The van der Waals surface area contributed by atoms with E-state index < -0.39 is 0 Å². The molecule has 0 amide bonds. The molecular weight excluding hydrogens is 328 g/mol. The third kappa shape index (κ3) is 7.88. The van der Waals surface area contributed by atoms with Gasteiger partial charge in [0.2, 0.25) is 0 Å². The number of hydrogen-bond acceptors (Lipinski definition) is 1. The first-order valence-electron chi connectivity index (χ1n) is 12.0. The molecule has 1 aliphatic rings. The quantitative estimate of drug-likeness (QED) is 0.306. The SMILES string of the molecule is CCCCCCCCCCCCCCCCC1(C)CCc2ccc(O)cc21. The molecule has 0 fully saturated rings. The van der Waals surface area contributed by atoms with E-state index in [9.17, 15) is 5.11 Å². The van der Waals surface area contributed by atoms with Gasteiger partial charge in [-0.25, -0.2) is 0 Å². The van der Waals surface area contributed by atoms with E-state index in [1.165, 1.54) is 120 Å². The second-order valence-corrected chi connectivity index (χ2v) is 9.25. The molecule has 1 heteroatoms. The molecule has 0 bridgehead atoms. The summed E-state index contributed by atoms with van der Waals surface area (Å²) < 4.78 is 0. The summed E-state index contributed by atoms with van der Waals surface area (Å²) >= 11 is 0. The number of phenolic OH excluding ortho intramolecular Hbond substituents is 1. The van der Waals surface area contributed by atoms with Gasteiger partial charge in [-0.1, -0.05) is 110 Å². The van der Waals surface area contributed by atoms with Crippen LogP contribution in [0.25, 0.3) is 0 Å². The normalized spacial score (nSPS) is 18.7. The average Bonchev–Trinajstić information content (AvgIpc) is 2.98. The Hall–Kier alpha value is -0.980. The summed E-state index contributed by atoms with van der Waals surface area (Å²) in [7, 11) is 0. The second-order valence-electron chi connectivity index (χ2n) is 9.25. The third-order valence-electron chi connectivity index (χ3n) is 6.77. The zero-order chi connectivity index (χ0) is 19.4. The lowest BCUT2D eigenvalue weighted by Crippen LogP contribution is -2.17. The van der Waals surface area contributed by atoms with Crippen molar-refractivity contribution >= 4 is 0 Å². The molecule has 1 atom stereocenters. The van der Waals surface area contributed by atoms with Crippen LogP contribution in [-0.2, 0) is 11.8 Å². The lowest BCUT2D eigenvalue weighted by molar-refractivity contribution is 0.402. The number of aromatic hydroxyl groups is 1. The summed E-state index contributed by atoms with van der Waals surface area (Å²) in [6.07, 6.45) is 23.6. The minimum Gasteiger partial charge on any atom is -0.508 e. The van der Waals surface area contributed by atoms with Gasteiger partial charge < -0.3 is 5.11 Å². The maximum atomic E-state index is 9.82. The van der Waals surface area contributed by atoms with Crippen molar-refractivity contribution in [2.75, 3.05) is 0 Å². The first-order valence-corrected chi connectivity index (χ1v) is 12.0. The van der Waals surface area contributed by atoms with Crippen molar-refractivity contribution in [1.29, 1.82) is 0 Å². The summed E-state index contributed by atoms with van der Waals surface area (Å²) in [6, 6.07) is 5.99. The number of unbranched alkanes of at least 4 members (excludes halogenated alkanes) is 13. The van der Waals surface area contributed by atoms with Crippen molar-refractivity contribution in [2.24, 2.45) is 0 Å². The van der Waals surface area contributed by atoms with Gasteiger partial charge in [-0.3, -0.25) is 0 Å². The molecule has 0 radical (unpaired) electrons. The van der Waals surface area contributed by atoms with Crippen LogP contribution in [0, 0.1) is 0 Å². The number of hydrogen-bond donors (Lipinski definition) is 1. The fourth-order valence-corrected chi connectivity index (χ4v) is 4.86. The van der Waals surface area contributed by atoms with Crippen molar-refractivity contribution in [2.45, 2.75) is 128 Å². The van der Waals surface area contributed by atoms with Crippen molar-refractivity contribution in [1.82, 2.24) is 0 Å². The van der Waals surface area contributed by atoms with Crippen LogP contribution in [0.3, 0.4) is 0 Å². The van der Waals surface area contributed by atoms with Gasteiger partial charge >= 0.3 is 0 Å². The topological polar surface area (TPSA) is 20.2 Å². The first-order chi connectivity index (χ1) is 13.2. The highest BCUT2D eigenvalue weighted by Gasteiger charge is 2.33. The van der Waals surface area contributed by atoms with E-state index in [-0.39, 0.29) is 0 Å². The number of aryl methyl sites for hydroxylation is 1. The van der Waals surface area contributed by atoms with Crippen LogP contribution < -0.4 is 0 Å². The molecule has 1 unspecified atom stereocenters. The maximum absolute atomic E-state index is 9.82. The average molecular weight is 373 g/mol. The lowest BCUT2D eigenvalue weighted by atomic mass is 9.79. The molecule has 154 valence electrons. The van der Waals surface area contributed by atoms with Gasteiger partial charge in [-0.05, 0) is 47.9 Å². The Morgan fingerprint density at radius 1 is 0.778 bits per heavy atom. The largest absolute Gasteiger partial charge is 0.508 e. The molecule has 1 nitrogen and oxygen atoms in total. The molecule has 0 saturated heterocycles. The van der Waals surface area contributed by atoms with Gasteiger partial charge in [0, 0.05) is 0 Å². The Labute approximate surface area is 169 Å². The molecule has 1 N–H and O–H groups in total. The van der Waals surface area contributed by atoms with E-state index >= 15 is 0 Å². The zero-order valence-corrected chi connectivity index (χ0v) is 18.2. The third-order valence-corrected chi connectivity index (χ3v) is 6.77. The highest BCUT2D eigenvalue weighted by atomic mass is 16.3. The first kappa shape index (κ1) is 22.3. The predicted octanol–water partition coefficient (Wildman–Crippen LogP) is 8.47. The van der Waals surface area contributed by atoms with Crippen LogP contribution in [0.5, 0.6) is 5.75 Å². The molecular formula is C26H44O. The summed E-state index contributed by atoms with van der Waals surface area (Å²) in [4.78, 5) is 0. The molecule has 1 aromatic carbocycles. The molecule has 27 heavy (non-hydrogen) atoms. The van der Waals surface area contributed by atoms with Crippen molar-refractivity contribution in [3.8, 4) is 5.75 Å². The Morgan fingerprint density at radius 3 is 1.85 bits per heavy atom. The highest BCUT2D eigenvalue weighted by molar-refractivity contribution is 5.43. The molecule has 0 aromatic heterocycles. The Morgan fingerprint density at radius 2 is 1.30 bits per heavy atom.